The molecule has 1 amide bonds. The Labute approximate surface area is 142 Å². The number of hydrogen-bond acceptors (Lipinski definition) is 5. The molecule has 0 aliphatic carbocycles. The molecule has 1 aromatic heterocycles. The highest BCUT2D eigenvalue weighted by Crippen LogP contribution is 2.21. The number of aliphatic hydroxyl groups is 1. The van der Waals surface area contributed by atoms with Crippen molar-refractivity contribution in [3.8, 4) is 0 Å². The fraction of sp³-hybridized carbons (Fsp3) is 0.312. The fourth-order valence-corrected chi connectivity index (χ4v) is 2.30. The first-order valence-corrected chi connectivity index (χ1v) is 7.50. The number of nitrogens with zero attached hydrogens (tertiary/aromatic N) is 2. The Balaban J connectivity index is 2.64. The van der Waals surface area contributed by atoms with Crippen LogP contribution in [0, 0.1) is 12.7 Å². The Morgan fingerprint density at radius 1 is 1.24 bits per heavy atom. The first kappa shape index (κ1) is 18.4. The number of carbonyl (C=O) groups excluding carboxylic acids is 1. The van der Waals surface area contributed by atoms with Gasteiger partial charge in [0.15, 0.2) is 0 Å². The summed E-state index contributed by atoms with van der Waals surface area (Å²) in [5.41, 5.74) is -1.13. The van der Waals surface area contributed by atoms with Gasteiger partial charge in [-0.1, -0.05) is 6.07 Å². The number of amides is 1. The van der Waals surface area contributed by atoms with Crippen LogP contribution in [0.1, 0.15) is 15.9 Å². The van der Waals surface area contributed by atoms with E-state index in [2.05, 4.69) is 10.6 Å². The first-order valence-electron chi connectivity index (χ1n) is 7.50. The van der Waals surface area contributed by atoms with Gasteiger partial charge in [0.2, 0.25) is 0 Å². The lowest BCUT2D eigenvalue weighted by molar-refractivity contribution is 0.0942. The summed E-state index contributed by atoms with van der Waals surface area (Å²) in [5, 5.41) is 13.8. The van der Waals surface area contributed by atoms with E-state index in [0.717, 1.165) is 9.13 Å². The molecule has 1 heterocycles. The molecule has 0 spiro atoms. The summed E-state index contributed by atoms with van der Waals surface area (Å²) in [4.78, 5) is 36.8. The molecule has 0 radical (unpaired) electrons. The Hall–Kier alpha value is -2.94. The quantitative estimate of drug-likeness (QED) is 0.704. The van der Waals surface area contributed by atoms with Crippen LogP contribution in [0.5, 0.6) is 0 Å². The minimum atomic E-state index is -0.825. The Morgan fingerprint density at radius 2 is 1.92 bits per heavy atom. The van der Waals surface area contributed by atoms with E-state index in [4.69, 9.17) is 5.11 Å². The maximum Gasteiger partial charge on any atom is 0.332 e. The number of hydrogen-bond donors (Lipinski definition) is 3. The molecule has 3 N–H and O–H groups in total. The van der Waals surface area contributed by atoms with Gasteiger partial charge in [-0.3, -0.25) is 18.7 Å². The van der Waals surface area contributed by atoms with Gasteiger partial charge in [-0.25, -0.2) is 9.18 Å². The van der Waals surface area contributed by atoms with Crippen molar-refractivity contribution >= 4 is 17.4 Å². The zero-order valence-electron chi connectivity index (χ0n) is 14.1. The maximum atomic E-state index is 14.1. The van der Waals surface area contributed by atoms with Crippen LogP contribution in [0.2, 0.25) is 0 Å². The van der Waals surface area contributed by atoms with Crippen LogP contribution in [0.25, 0.3) is 0 Å². The lowest BCUT2D eigenvalue weighted by atomic mass is 10.2. The highest BCUT2D eigenvalue weighted by molar-refractivity contribution is 5.99. The molecule has 8 nitrogen and oxygen atoms in total. The maximum absolute atomic E-state index is 14.1. The molecule has 2 aromatic rings. The first-order chi connectivity index (χ1) is 11.8. The van der Waals surface area contributed by atoms with Gasteiger partial charge in [-0.2, -0.15) is 0 Å². The molecule has 0 unspecified atom stereocenters. The molecule has 0 atom stereocenters. The van der Waals surface area contributed by atoms with Crippen molar-refractivity contribution in [1.82, 2.24) is 14.5 Å². The standard InChI is InChI=1S/C16H19FN4O4/c1-9-4-5-11(10(17)8-9)19-13-12(14(23)18-6-7-22)15(24)21(3)16(25)20(13)2/h4-5,8,19,22H,6-7H2,1-3H3,(H,18,23). The van der Waals surface area contributed by atoms with Crippen molar-refractivity contribution in [3.05, 3.63) is 56.0 Å². The largest absolute Gasteiger partial charge is 0.395 e. The molecule has 0 saturated carbocycles. The molecular formula is C16H19FN4O4. The van der Waals surface area contributed by atoms with Crippen LogP contribution in [0.4, 0.5) is 15.9 Å². The predicted octanol–water partition coefficient (Wildman–Crippen LogP) is -0.00278. The molecular weight excluding hydrogens is 331 g/mol. The molecule has 9 heteroatoms. The van der Waals surface area contributed by atoms with Crippen molar-refractivity contribution in [3.63, 3.8) is 0 Å². The second-order valence-corrected chi connectivity index (χ2v) is 5.52. The molecule has 0 bridgehead atoms. The van der Waals surface area contributed by atoms with Gasteiger partial charge in [0.1, 0.15) is 17.2 Å². The number of rotatable bonds is 5. The van der Waals surface area contributed by atoms with Crippen molar-refractivity contribution in [2.75, 3.05) is 18.5 Å². The third-order valence-electron chi connectivity index (χ3n) is 3.67. The van der Waals surface area contributed by atoms with E-state index >= 15 is 0 Å². The lowest BCUT2D eigenvalue weighted by Gasteiger charge is -2.17. The van der Waals surface area contributed by atoms with E-state index in [1.54, 1.807) is 13.0 Å². The van der Waals surface area contributed by atoms with Crippen molar-refractivity contribution < 1.29 is 14.3 Å². The summed E-state index contributed by atoms with van der Waals surface area (Å²) >= 11 is 0. The van der Waals surface area contributed by atoms with E-state index in [1.807, 2.05) is 0 Å². The van der Waals surface area contributed by atoms with E-state index in [1.165, 1.54) is 26.2 Å². The molecule has 0 fully saturated rings. The monoisotopic (exact) mass is 350 g/mol. The minimum absolute atomic E-state index is 0.0186. The number of benzene rings is 1. The van der Waals surface area contributed by atoms with Gasteiger partial charge < -0.3 is 15.7 Å². The van der Waals surface area contributed by atoms with Crippen LogP contribution in [0.15, 0.2) is 27.8 Å². The molecule has 25 heavy (non-hydrogen) atoms. The fourth-order valence-electron chi connectivity index (χ4n) is 2.30. The summed E-state index contributed by atoms with van der Waals surface area (Å²) in [6.07, 6.45) is 0. The second kappa shape index (κ2) is 7.31. The van der Waals surface area contributed by atoms with E-state index in [9.17, 15) is 18.8 Å². The van der Waals surface area contributed by atoms with Gasteiger partial charge in [0, 0.05) is 20.6 Å². The zero-order chi connectivity index (χ0) is 18.7. The van der Waals surface area contributed by atoms with Gasteiger partial charge in [0.05, 0.1) is 12.3 Å². The topological polar surface area (TPSA) is 105 Å². The number of nitrogens with one attached hydrogen (secondary N) is 2. The summed E-state index contributed by atoms with van der Waals surface area (Å²) in [6, 6.07) is 4.38. The van der Waals surface area contributed by atoms with Crippen LogP contribution in [-0.4, -0.2) is 33.3 Å². The Bertz CT molecular complexity index is 933. The molecule has 0 aliphatic rings. The smallest absolute Gasteiger partial charge is 0.332 e. The van der Waals surface area contributed by atoms with Crippen molar-refractivity contribution in [2.45, 2.75) is 6.92 Å². The van der Waals surface area contributed by atoms with Crippen LogP contribution in [0.3, 0.4) is 0 Å². The van der Waals surface area contributed by atoms with Gasteiger partial charge in [-0.15, -0.1) is 0 Å². The van der Waals surface area contributed by atoms with Crippen LogP contribution >= 0.6 is 0 Å². The summed E-state index contributed by atoms with van der Waals surface area (Å²) in [6.45, 7) is 1.34. The SMILES string of the molecule is Cc1ccc(Nc2c(C(=O)NCCO)c(=O)n(C)c(=O)n2C)c(F)c1. The highest BCUT2D eigenvalue weighted by atomic mass is 19.1. The normalized spacial score (nSPS) is 10.6. The number of aryl methyl sites for hydroxylation is 1. The average molecular weight is 350 g/mol. The van der Waals surface area contributed by atoms with Crippen molar-refractivity contribution in [1.29, 1.82) is 0 Å². The Kier molecular flexibility index (Phi) is 5.38. The number of aromatic nitrogens is 2. The van der Waals surface area contributed by atoms with E-state index < -0.39 is 23.0 Å². The zero-order valence-corrected chi connectivity index (χ0v) is 14.1. The second-order valence-electron chi connectivity index (χ2n) is 5.52. The number of carbonyl (C=O) groups is 1. The molecule has 0 saturated heterocycles. The molecule has 134 valence electrons. The van der Waals surface area contributed by atoms with Gasteiger partial charge >= 0.3 is 5.69 Å². The summed E-state index contributed by atoms with van der Waals surface area (Å²) in [7, 11) is 2.60. The molecule has 1 aromatic carbocycles. The number of aliphatic hydroxyl groups excluding tert-OH is 1. The van der Waals surface area contributed by atoms with E-state index in [-0.39, 0.29) is 30.2 Å². The average Bonchev–Trinajstić information content (AvgIpc) is 2.57. The summed E-state index contributed by atoms with van der Waals surface area (Å²) < 4.78 is 15.9. The third kappa shape index (κ3) is 3.61. The lowest BCUT2D eigenvalue weighted by Crippen LogP contribution is -2.43. The van der Waals surface area contributed by atoms with E-state index in [0.29, 0.717) is 5.56 Å². The Morgan fingerprint density at radius 3 is 2.52 bits per heavy atom. The minimum Gasteiger partial charge on any atom is -0.395 e. The predicted molar refractivity (Wildman–Crippen MR) is 90.8 cm³/mol. The number of halogens is 1. The third-order valence-corrected chi connectivity index (χ3v) is 3.67. The highest BCUT2D eigenvalue weighted by Gasteiger charge is 2.22. The van der Waals surface area contributed by atoms with Crippen LogP contribution < -0.4 is 21.9 Å². The molecule has 0 aliphatic heterocycles. The van der Waals surface area contributed by atoms with Crippen LogP contribution in [-0.2, 0) is 14.1 Å². The number of anilines is 2. The van der Waals surface area contributed by atoms with Crippen molar-refractivity contribution in [2.24, 2.45) is 14.1 Å². The summed E-state index contributed by atoms with van der Waals surface area (Å²) in [5.74, 6) is -1.50. The van der Waals surface area contributed by atoms with Gasteiger partial charge in [-0.05, 0) is 24.6 Å². The molecule has 2 rings (SSSR count). The van der Waals surface area contributed by atoms with Gasteiger partial charge in [0.25, 0.3) is 11.5 Å².